The quantitative estimate of drug-likeness (QED) is 0.283. The summed E-state index contributed by atoms with van der Waals surface area (Å²) in [5, 5.41) is 0. The van der Waals surface area contributed by atoms with Crippen molar-refractivity contribution in [2.75, 3.05) is 46.9 Å². The first kappa shape index (κ1) is 28.0. The van der Waals surface area contributed by atoms with Gasteiger partial charge in [0.15, 0.2) is 0 Å². The zero-order chi connectivity index (χ0) is 26.0. The molecule has 1 saturated heterocycles. The van der Waals surface area contributed by atoms with Gasteiger partial charge in [-0.25, -0.2) is 4.79 Å². The van der Waals surface area contributed by atoms with Crippen LogP contribution in [-0.2, 0) is 21.6 Å². The Bertz CT molecular complexity index is 929. The number of alkyl halides is 3. The largest absolute Gasteiger partial charge is 0.494 e. The van der Waals surface area contributed by atoms with Gasteiger partial charge in [0.1, 0.15) is 11.4 Å². The van der Waals surface area contributed by atoms with Gasteiger partial charge in [0.2, 0.25) is 0 Å². The van der Waals surface area contributed by atoms with Gasteiger partial charge < -0.3 is 19.3 Å². The van der Waals surface area contributed by atoms with Crippen LogP contribution in [0.25, 0.3) is 0 Å². The maximum absolute atomic E-state index is 13.3. The second kappa shape index (κ2) is 13.1. The lowest BCUT2D eigenvalue weighted by Crippen LogP contribution is -2.41. The first-order valence-electron chi connectivity index (χ1n) is 12.6. The highest BCUT2D eigenvalue weighted by Crippen LogP contribution is 2.37. The van der Waals surface area contributed by atoms with E-state index < -0.39 is 17.7 Å². The first-order valence-corrected chi connectivity index (χ1v) is 12.6. The number of carbonyl (C=O) groups is 1. The van der Waals surface area contributed by atoms with Crippen LogP contribution in [0.3, 0.4) is 0 Å². The molecule has 1 aliphatic heterocycles. The Morgan fingerprint density at radius 3 is 2.25 bits per heavy atom. The topological polar surface area (TPSA) is 42.0 Å². The van der Waals surface area contributed by atoms with E-state index in [1.54, 1.807) is 24.3 Å². The van der Waals surface area contributed by atoms with E-state index in [-0.39, 0.29) is 12.8 Å². The van der Waals surface area contributed by atoms with Gasteiger partial charge >= 0.3 is 12.1 Å². The normalized spacial score (nSPS) is 16.5. The van der Waals surface area contributed by atoms with Crippen LogP contribution in [0, 0.1) is 0 Å². The molecule has 1 fully saturated rings. The van der Waals surface area contributed by atoms with Gasteiger partial charge in [-0.3, -0.25) is 0 Å². The smallest absolute Gasteiger partial charge is 0.490 e. The lowest BCUT2D eigenvalue weighted by molar-refractivity contribution is -0.216. The van der Waals surface area contributed by atoms with E-state index in [1.807, 2.05) is 49.3 Å². The van der Waals surface area contributed by atoms with E-state index in [0.717, 1.165) is 31.6 Å². The van der Waals surface area contributed by atoms with Gasteiger partial charge in [0.05, 0.1) is 6.61 Å². The Kier molecular flexibility index (Phi) is 10.2. The molecule has 3 rings (SSSR count). The lowest BCUT2D eigenvalue weighted by atomic mass is 9.83. The van der Waals surface area contributed by atoms with Crippen LogP contribution in [-0.4, -0.2) is 68.8 Å². The predicted octanol–water partition coefficient (Wildman–Crippen LogP) is 5.44. The van der Waals surface area contributed by atoms with Crippen molar-refractivity contribution in [3.63, 3.8) is 0 Å². The van der Waals surface area contributed by atoms with E-state index in [4.69, 9.17) is 9.47 Å². The van der Waals surface area contributed by atoms with Crippen molar-refractivity contribution >= 4 is 5.97 Å². The molecule has 0 aliphatic carbocycles. The summed E-state index contributed by atoms with van der Waals surface area (Å²) in [6.07, 6.45) is -0.0486. The molecule has 1 heterocycles. The molecular weight excluding hydrogens is 469 g/mol. The zero-order valence-electron chi connectivity index (χ0n) is 21.2. The summed E-state index contributed by atoms with van der Waals surface area (Å²) >= 11 is 0. The van der Waals surface area contributed by atoms with E-state index in [9.17, 15) is 18.0 Å². The summed E-state index contributed by atoms with van der Waals surface area (Å²) in [6.45, 7) is 4.28. The Hall–Kier alpha value is -2.58. The number of hydrogen-bond acceptors (Lipinski definition) is 5. The molecule has 2 aromatic carbocycles. The van der Waals surface area contributed by atoms with Crippen LogP contribution in [0.1, 0.15) is 43.2 Å². The number of esters is 1. The van der Waals surface area contributed by atoms with Crippen molar-refractivity contribution in [3.05, 3.63) is 65.7 Å². The average molecular weight is 507 g/mol. The number of piperidine rings is 1. The number of hydrogen-bond donors (Lipinski definition) is 0. The molecule has 0 N–H and O–H groups in total. The average Bonchev–Trinajstić information content (AvgIpc) is 2.86. The van der Waals surface area contributed by atoms with Crippen molar-refractivity contribution in [1.29, 1.82) is 0 Å². The summed E-state index contributed by atoms with van der Waals surface area (Å²) in [5.41, 5.74) is -0.193. The molecule has 0 aromatic heterocycles. The van der Waals surface area contributed by atoms with E-state index in [2.05, 4.69) is 4.90 Å². The molecule has 0 bridgehead atoms. The third-order valence-electron chi connectivity index (χ3n) is 6.53. The van der Waals surface area contributed by atoms with E-state index in [0.29, 0.717) is 24.5 Å². The number of nitrogens with zero attached hydrogens (tertiary/aromatic N) is 2. The second-order valence-corrected chi connectivity index (χ2v) is 9.73. The van der Waals surface area contributed by atoms with Crippen LogP contribution >= 0.6 is 0 Å². The van der Waals surface area contributed by atoms with Crippen LogP contribution in [0.5, 0.6) is 5.75 Å². The molecule has 1 aliphatic rings. The number of benzene rings is 2. The summed E-state index contributed by atoms with van der Waals surface area (Å²) in [4.78, 5) is 16.4. The summed E-state index contributed by atoms with van der Waals surface area (Å²) in [5.74, 6) is -1.55. The van der Waals surface area contributed by atoms with Crippen molar-refractivity contribution in [3.8, 4) is 5.75 Å². The maximum atomic E-state index is 13.3. The van der Waals surface area contributed by atoms with Gasteiger partial charge in [-0.1, -0.05) is 48.9 Å². The minimum atomic E-state index is -5.09. The van der Waals surface area contributed by atoms with E-state index >= 15 is 0 Å². The first-order chi connectivity index (χ1) is 17.2. The number of rotatable bonds is 12. The third kappa shape index (κ3) is 8.52. The lowest BCUT2D eigenvalue weighted by Gasteiger charge is -2.35. The van der Waals surface area contributed by atoms with Crippen LogP contribution in [0.2, 0.25) is 0 Å². The minimum absolute atomic E-state index is 0.125. The van der Waals surface area contributed by atoms with Crippen molar-refractivity contribution in [1.82, 2.24) is 9.80 Å². The highest BCUT2D eigenvalue weighted by molar-refractivity contribution is 5.76. The molecule has 2 aromatic rings. The molecule has 8 heteroatoms. The summed E-state index contributed by atoms with van der Waals surface area (Å²) in [7, 11) is 3.67. The molecule has 0 radical (unpaired) electrons. The molecule has 5 nitrogen and oxygen atoms in total. The highest BCUT2D eigenvalue weighted by Gasteiger charge is 2.47. The van der Waals surface area contributed by atoms with Gasteiger partial charge in [0, 0.05) is 25.9 Å². The van der Waals surface area contributed by atoms with Gasteiger partial charge in [0.25, 0.3) is 0 Å². The Labute approximate surface area is 212 Å². The predicted molar refractivity (Wildman–Crippen MR) is 134 cm³/mol. The minimum Gasteiger partial charge on any atom is -0.494 e. The standard InChI is InChI=1S/C28H37F3N2O3/c1-32(2)20-16-27(36-26(34)28(29,30)31,22-23-10-5-3-6-11-23)24-12-14-25(15-13-24)35-21-9-19-33-17-7-4-8-18-33/h3,5-6,10-15H,4,7-9,16-22H2,1-2H3. The molecule has 0 spiro atoms. The fourth-order valence-corrected chi connectivity index (χ4v) is 4.56. The monoisotopic (exact) mass is 506 g/mol. The maximum Gasteiger partial charge on any atom is 0.490 e. The fraction of sp³-hybridized carbons (Fsp3) is 0.536. The van der Waals surface area contributed by atoms with E-state index in [1.165, 1.54) is 19.3 Å². The summed E-state index contributed by atoms with van der Waals surface area (Å²) < 4.78 is 51.1. The SMILES string of the molecule is CN(C)CCC(Cc1ccccc1)(OC(=O)C(F)(F)F)c1ccc(OCCCN2CCCCC2)cc1. The molecule has 1 unspecified atom stereocenters. The fourth-order valence-electron chi connectivity index (χ4n) is 4.56. The molecule has 0 saturated carbocycles. The van der Waals surface area contributed by atoms with Gasteiger partial charge in [-0.15, -0.1) is 0 Å². The van der Waals surface area contributed by atoms with Crippen LogP contribution in [0.15, 0.2) is 54.6 Å². The number of halogens is 3. The number of carbonyl (C=O) groups excluding carboxylic acids is 1. The van der Waals surface area contributed by atoms with Crippen molar-refractivity contribution in [2.24, 2.45) is 0 Å². The Morgan fingerprint density at radius 2 is 1.64 bits per heavy atom. The van der Waals surface area contributed by atoms with Gasteiger partial charge in [-0.2, -0.15) is 13.2 Å². The van der Waals surface area contributed by atoms with Crippen molar-refractivity contribution < 1.29 is 27.4 Å². The molecule has 36 heavy (non-hydrogen) atoms. The Morgan fingerprint density at radius 1 is 0.972 bits per heavy atom. The molecule has 0 amide bonds. The molecule has 1 atom stereocenters. The Balaban J connectivity index is 1.77. The number of ether oxygens (including phenoxy) is 2. The number of likely N-dealkylation sites (tertiary alicyclic amines) is 1. The molecular formula is C28H37F3N2O3. The van der Waals surface area contributed by atoms with Crippen LogP contribution < -0.4 is 4.74 Å². The second-order valence-electron chi connectivity index (χ2n) is 9.73. The third-order valence-corrected chi connectivity index (χ3v) is 6.53. The highest BCUT2D eigenvalue weighted by atomic mass is 19.4. The van der Waals surface area contributed by atoms with Crippen LogP contribution in [0.4, 0.5) is 13.2 Å². The molecule has 198 valence electrons. The summed E-state index contributed by atoms with van der Waals surface area (Å²) in [6, 6.07) is 16.0. The zero-order valence-corrected chi connectivity index (χ0v) is 21.2. The van der Waals surface area contributed by atoms with Gasteiger partial charge in [-0.05, 0) is 69.7 Å². The van der Waals surface area contributed by atoms with Crippen molar-refractivity contribution in [2.45, 2.75) is 50.3 Å².